The van der Waals surface area contributed by atoms with Crippen molar-refractivity contribution in [1.82, 2.24) is 20.4 Å². The van der Waals surface area contributed by atoms with Crippen LogP contribution in [0.3, 0.4) is 0 Å². The summed E-state index contributed by atoms with van der Waals surface area (Å²) >= 11 is 0. The topological polar surface area (TPSA) is 83.1 Å². The Bertz CT molecular complexity index is 1250. The van der Waals surface area contributed by atoms with E-state index >= 15 is 0 Å². The van der Waals surface area contributed by atoms with Gasteiger partial charge in [0.25, 0.3) is 0 Å². The maximum Gasteiger partial charge on any atom is 0.219 e. The maximum atomic E-state index is 12.3. The molecular formula is C42H62N4O4. The molecule has 8 nitrogen and oxygen atoms in total. The molecule has 0 saturated carbocycles. The van der Waals surface area contributed by atoms with Crippen LogP contribution in [-0.4, -0.2) is 74.1 Å². The minimum atomic E-state index is 0.169. The quantitative estimate of drug-likeness (QED) is 0.132. The van der Waals surface area contributed by atoms with Crippen LogP contribution in [0.2, 0.25) is 0 Å². The van der Waals surface area contributed by atoms with Crippen LogP contribution in [0, 0.1) is 11.8 Å². The van der Waals surface area contributed by atoms with Crippen molar-refractivity contribution in [3.63, 3.8) is 0 Å². The number of fused-ring (bicyclic) bond motifs is 6. The number of carbonyl (C=O) groups is 2. The number of nitrogens with one attached hydrogen (secondary N) is 2. The fraction of sp³-hybridized carbons (Fsp3) is 0.667. The zero-order chi connectivity index (χ0) is 34.4. The third-order valence-electron chi connectivity index (χ3n) is 11.6. The van der Waals surface area contributed by atoms with Gasteiger partial charge in [-0.2, -0.15) is 0 Å². The minimum absolute atomic E-state index is 0.169. The molecule has 4 aliphatic rings. The Morgan fingerprint density at radius 3 is 1.46 bits per heavy atom. The lowest BCUT2D eigenvalue weighted by atomic mass is 9.91. The highest BCUT2D eigenvalue weighted by molar-refractivity contribution is 5.76. The number of nitrogens with zero attached hydrogens (tertiary/aromatic N) is 2. The molecule has 274 valence electrons. The third-order valence-corrected chi connectivity index (χ3v) is 11.6. The molecule has 2 saturated heterocycles. The predicted octanol–water partition coefficient (Wildman–Crippen LogP) is 7.59. The van der Waals surface area contributed by atoms with Gasteiger partial charge in [0.1, 0.15) is 11.5 Å². The van der Waals surface area contributed by atoms with Gasteiger partial charge in [0.2, 0.25) is 11.8 Å². The summed E-state index contributed by atoms with van der Waals surface area (Å²) in [5.74, 6) is 3.73. The monoisotopic (exact) mass is 686 g/mol. The smallest absolute Gasteiger partial charge is 0.219 e. The molecule has 0 unspecified atom stereocenters. The fourth-order valence-corrected chi connectivity index (χ4v) is 8.86. The number of amides is 2. The highest BCUT2D eigenvalue weighted by Gasteiger charge is 2.40. The molecule has 2 N–H and O–H groups in total. The van der Waals surface area contributed by atoms with E-state index in [4.69, 9.17) is 9.47 Å². The molecule has 2 fully saturated rings. The van der Waals surface area contributed by atoms with Crippen molar-refractivity contribution in [2.45, 2.75) is 115 Å². The first-order chi connectivity index (χ1) is 24.7. The van der Waals surface area contributed by atoms with Gasteiger partial charge in [-0.25, -0.2) is 0 Å². The first-order valence-electron chi connectivity index (χ1n) is 20.1. The molecule has 2 aromatic rings. The second-order valence-corrected chi connectivity index (χ2v) is 15.2. The van der Waals surface area contributed by atoms with Gasteiger partial charge in [0.05, 0.1) is 13.2 Å². The fourth-order valence-electron chi connectivity index (χ4n) is 8.86. The summed E-state index contributed by atoms with van der Waals surface area (Å²) in [6.45, 7) is 7.91. The highest BCUT2D eigenvalue weighted by atomic mass is 16.5. The van der Waals surface area contributed by atoms with Gasteiger partial charge >= 0.3 is 0 Å². The molecule has 2 amide bonds. The molecule has 4 heterocycles. The van der Waals surface area contributed by atoms with E-state index in [2.05, 4.69) is 69.0 Å². The molecule has 0 aromatic heterocycles. The Kier molecular flexibility index (Phi) is 14.3. The molecule has 2 aromatic carbocycles. The van der Waals surface area contributed by atoms with E-state index in [1.807, 2.05) is 0 Å². The van der Waals surface area contributed by atoms with Crippen LogP contribution in [0.1, 0.15) is 126 Å². The average molecular weight is 687 g/mol. The summed E-state index contributed by atoms with van der Waals surface area (Å²) in [6.07, 6.45) is 16.7. The van der Waals surface area contributed by atoms with Crippen molar-refractivity contribution in [3.05, 3.63) is 59.7 Å². The van der Waals surface area contributed by atoms with Crippen molar-refractivity contribution in [2.75, 3.05) is 52.5 Å². The molecule has 6 rings (SSSR count). The minimum Gasteiger partial charge on any atom is -0.493 e. The summed E-state index contributed by atoms with van der Waals surface area (Å²) in [4.78, 5) is 29.9. The molecule has 0 spiro atoms. The number of hydrogen-bond acceptors (Lipinski definition) is 6. The molecule has 50 heavy (non-hydrogen) atoms. The Balaban J connectivity index is 0.697. The van der Waals surface area contributed by atoms with Gasteiger partial charge in [0, 0.05) is 61.0 Å². The Labute approximate surface area is 301 Å². The van der Waals surface area contributed by atoms with Crippen molar-refractivity contribution in [1.29, 1.82) is 0 Å². The Hall–Kier alpha value is -3.10. The highest BCUT2D eigenvalue weighted by Crippen LogP contribution is 2.45. The van der Waals surface area contributed by atoms with E-state index in [-0.39, 0.29) is 11.8 Å². The normalized spacial score (nSPS) is 22.5. The lowest BCUT2D eigenvalue weighted by molar-refractivity contribution is -0.122. The zero-order valence-corrected chi connectivity index (χ0v) is 30.4. The van der Waals surface area contributed by atoms with Crippen molar-refractivity contribution in [3.8, 4) is 11.5 Å². The van der Waals surface area contributed by atoms with Crippen molar-refractivity contribution < 1.29 is 19.1 Å². The van der Waals surface area contributed by atoms with Crippen LogP contribution >= 0.6 is 0 Å². The SMILES string of the molecule is O=C(CCCCCCC(=O)NCCCCCCN1CC[C@H]2COc3ccccc3[C@H]21)NCCCCCCN1CC[C@H]2COc3ccccc3[C@H]21. The standard InChI is InChI=1S/C42H62N4O4/c47-39(43-25-13-3-5-15-27-45-29-23-33-31-49-37-19-11-9-17-35(37)41(33)45)21-7-1-2-8-22-40(48)44-26-14-4-6-16-28-46-30-24-34-32-50-38-20-12-10-18-36(38)42(34)46/h9-12,17-20,33-34,41-42H,1-8,13-16,21-32H2,(H,43,47)(H,44,48)/t33-,34-,41-,42-/m0/s1. The van der Waals surface area contributed by atoms with E-state index in [9.17, 15) is 9.59 Å². The van der Waals surface area contributed by atoms with Gasteiger partial charge in [-0.3, -0.25) is 19.4 Å². The lowest BCUT2D eigenvalue weighted by Crippen LogP contribution is -2.31. The van der Waals surface area contributed by atoms with E-state index in [0.29, 0.717) is 36.8 Å². The van der Waals surface area contributed by atoms with Crippen LogP contribution in [-0.2, 0) is 9.59 Å². The molecule has 0 aliphatic carbocycles. The number of likely N-dealkylation sites (tertiary alicyclic amines) is 2. The second kappa shape index (κ2) is 19.5. The van der Waals surface area contributed by atoms with Crippen LogP contribution in [0.25, 0.3) is 0 Å². The van der Waals surface area contributed by atoms with Gasteiger partial charge < -0.3 is 20.1 Å². The lowest BCUT2D eigenvalue weighted by Gasteiger charge is -2.33. The summed E-state index contributed by atoms with van der Waals surface area (Å²) in [5, 5.41) is 6.22. The molecule has 0 radical (unpaired) electrons. The van der Waals surface area contributed by atoms with E-state index in [0.717, 1.165) is 102 Å². The Morgan fingerprint density at radius 1 is 0.560 bits per heavy atom. The van der Waals surface area contributed by atoms with Crippen LogP contribution < -0.4 is 20.1 Å². The summed E-state index contributed by atoms with van der Waals surface area (Å²) in [6, 6.07) is 18.2. The summed E-state index contributed by atoms with van der Waals surface area (Å²) < 4.78 is 12.0. The largest absolute Gasteiger partial charge is 0.493 e. The van der Waals surface area contributed by atoms with Gasteiger partial charge in [-0.15, -0.1) is 0 Å². The average Bonchev–Trinajstić information content (AvgIpc) is 3.76. The van der Waals surface area contributed by atoms with Crippen molar-refractivity contribution >= 4 is 11.8 Å². The van der Waals surface area contributed by atoms with Crippen LogP contribution in [0.5, 0.6) is 11.5 Å². The van der Waals surface area contributed by atoms with Gasteiger partial charge in [-0.05, 0) is 89.7 Å². The number of unbranched alkanes of at least 4 members (excludes halogenated alkanes) is 9. The predicted molar refractivity (Wildman–Crippen MR) is 199 cm³/mol. The number of carbonyl (C=O) groups excluding carboxylic acids is 2. The van der Waals surface area contributed by atoms with Gasteiger partial charge in [0.15, 0.2) is 0 Å². The number of ether oxygens (including phenoxy) is 2. The Morgan fingerprint density at radius 2 is 0.980 bits per heavy atom. The zero-order valence-electron chi connectivity index (χ0n) is 30.4. The van der Waals surface area contributed by atoms with E-state index in [1.54, 1.807) is 0 Å². The maximum absolute atomic E-state index is 12.3. The van der Waals surface area contributed by atoms with Crippen LogP contribution in [0.15, 0.2) is 48.5 Å². The summed E-state index contributed by atoms with van der Waals surface area (Å²) in [7, 11) is 0. The first kappa shape index (κ1) is 36.7. The second-order valence-electron chi connectivity index (χ2n) is 15.2. The summed E-state index contributed by atoms with van der Waals surface area (Å²) in [5.41, 5.74) is 2.74. The number of benzene rings is 2. The molecule has 8 heteroatoms. The molecule has 0 bridgehead atoms. The first-order valence-corrected chi connectivity index (χ1v) is 20.1. The van der Waals surface area contributed by atoms with E-state index in [1.165, 1.54) is 62.7 Å². The van der Waals surface area contributed by atoms with Gasteiger partial charge in [-0.1, -0.05) is 74.9 Å². The van der Waals surface area contributed by atoms with E-state index < -0.39 is 0 Å². The number of hydrogen-bond donors (Lipinski definition) is 2. The third kappa shape index (κ3) is 10.2. The van der Waals surface area contributed by atoms with Crippen LogP contribution in [0.4, 0.5) is 0 Å². The number of para-hydroxylation sites is 2. The molecule has 4 aliphatic heterocycles. The molecular weight excluding hydrogens is 624 g/mol. The van der Waals surface area contributed by atoms with Crippen molar-refractivity contribution in [2.24, 2.45) is 11.8 Å². The number of rotatable bonds is 21. The molecule has 4 atom stereocenters.